The van der Waals surface area contributed by atoms with Crippen molar-refractivity contribution in [1.82, 2.24) is 9.55 Å². The molecule has 3 heterocycles. The maximum Gasteiger partial charge on any atom is 0.475 e. The number of phosphoric acid groups is 1. The van der Waals surface area contributed by atoms with Crippen molar-refractivity contribution in [3.05, 3.63) is 67.7 Å². The first-order valence-corrected chi connectivity index (χ1v) is 13.2. The lowest BCUT2D eigenvalue weighted by atomic mass is 10.1. The van der Waals surface area contributed by atoms with Gasteiger partial charge >= 0.3 is 19.5 Å². The van der Waals surface area contributed by atoms with E-state index in [1.807, 2.05) is 4.98 Å². The number of rotatable bonds is 8. The van der Waals surface area contributed by atoms with Crippen LogP contribution in [0.2, 0.25) is 5.02 Å². The fraction of sp³-hybridized carbons (Fsp3) is 0.500. The van der Waals surface area contributed by atoms with Crippen molar-refractivity contribution in [2.75, 3.05) is 13.2 Å². The van der Waals surface area contributed by atoms with Crippen LogP contribution in [0.4, 0.5) is 4.39 Å². The average Bonchev–Trinajstić information content (AvgIpc) is 3.22. The SMILES string of the molecule is CCCC(=O)O[C@H]1C[C@H](n2cc(F)c(=O)[nH]c2=O)O[C@@H]1COP1(=O)OCCC(c2cccc(Cl)c2)O1. The van der Waals surface area contributed by atoms with Crippen LogP contribution in [0.5, 0.6) is 0 Å². The minimum absolute atomic E-state index is 0.0357. The van der Waals surface area contributed by atoms with E-state index in [0.29, 0.717) is 29.6 Å². The second-order valence-corrected chi connectivity index (χ2v) is 10.4. The highest BCUT2D eigenvalue weighted by atomic mass is 35.5. The number of halogens is 2. The molecule has 0 bridgehead atoms. The molecule has 4 rings (SSSR count). The van der Waals surface area contributed by atoms with E-state index in [0.717, 1.165) is 4.57 Å². The largest absolute Gasteiger partial charge is 0.475 e. The lowest BCUT2D eigenvalue weighted by Crippen LogP contribution is -2.34. The second-order valence-electron chi connectivity index (χ2n) is 8.30. The number of hydrogen-bond acceptors (Lipinski definition) is 9. The van der Waals surface area contributed by atoms with E-state index >= 15 is 0 Å². The first kappa shape index (κ1) is 26.7. The summed E-state index contributed by atoms with van der Waals surface area (Å²) in [5, 5.41) is 0.495. The van der Waals surface area contributed by atoms with Gasteiger partial charge in [0.2, 0.25) is 5.82 Å². The fourth-order valence-corrected chi connectivity index (χ4v) is 5.52. The van der Waals surface area contributed by atoms with Crippen molar-refractivity contribution in [2.24, 2.45) is 0 Å². The molecule has 196 valence electrons. The topological polar surface area (TPSA) is 135 Å². The molecule has 1 aromatic carbocycles. The van der Waals surface area contributed by atoms with E-state index in [1.54, 1.807) is 31.2 Å². The Kier molecular flexibility index (Phi) is 8.44. The first-order chi connectivity index (χ1) is 17.2. The van der Waals surface area contributed by atoms with Crippen LogP contribution in [-0.2, 0) is 32.4 Å². The van der Waals surface area contributed by atoms with E-state index in [9.17, 15) is 23.3 Å². The number of hydrogen-bond donors (Lipinski definition) is 1. The van der Waals surface area contributed by atoms with Gasteiger partial charge in [-0.2, -0.15) is 4.39 Å². The minimum atomic E-state index is -4.03. The van der Waals surface area contributed by atoms with Crippen molar-refractivity contribution in [1.29, 1.82) is 0 Å². The summed E-state index contributed by atoms with van der Waals surface area (Å²) < 4.78 is 55.5. The first-order valence-electron chi connectivity index (χ1n) is 11.4. The molecule has 1 aromatic heterocycles. The monoisotopic (exact) mass is 546 g/mol. The number of ether oxygens (including phenoxy) is 2. The van der Waals surface area contributed by atoms with Crippen molar-refractivity contribution >= 4 is 25.4 Å². The molecule has 0 saturated carbocycles. The molecule has 36 heavy (non-hydrogen) atoms. The number of nitrogens with zero attached hydrogens (tertiary/aromatic N) is 1. The molecule has 1 N–H and O–H groups in total. The highest BCUT2D eigenvalue weighted by Gasteiger charge is 2.43. The third-order valence-corrected chi connectivity index (χ3v) is 7.37. The number of nitrogens with one attached hydrogen (secondary N) is 1. The third-order valence-electron chi connectivity index (χ3n) is 5.66. The zero-order valence-corrected chi connectivity index (χ0v) is 20.9. The quantitative estimate of drug-likeness (QED) is 0.389. The van der Waals surface area contributed by atoms with Gasteiger partial charge in [0.15, 0.2) is 0 Å². The summed E-state index contributed by atoms with van der Waals surface area (Å²) in [5.74, 6) is -1.69. The molecular weight excluding hydrogens is 522 g/mol. The number of carbonyl (C=O) groups is 1. The van der Waals surface area contributed by atoms with Crippen molar-refractivity contribution < 1.29 is 36.8 Å². The number of benzene rings is 1. The maximum atomic E-state index is 13.8. The van der Waals surface area contributed by atoms with Crippen LogP contribution in [0, 0.1) is 5.82 Å². The summed E-state index contributed by atoms with van der Waals surface area (Å²) in [7, 11) is -4.03. The van der Waals surface area contributed by atoms with Gasteiger partial charge in [0, 0.05) is 24.3 Å². The Hall–Kier alpha value is -2.34. The molecule has 11 nitrogen and oxygen atoms in total. The molecule has 2 fully saturated rings. The Bertz CT molecular complexity index is 1270. The standard InChI is InChI=1S/C22H25ClFN2O9P/c1-2-4-20(27)34-17-10-19(26-11-15(24)21(28)25-22(26)29)33-18(17)12-32-36(30)31-8-7-16(35-36)13-5-3-6-14(23)9-13/h3,5-6,9,11,16-19H,2,4,7-8,10,12H2,1H3,(H,25,28,29)/t16?,17-,18+,19+,36?/m0/s1. The third kappa shape index (κ3) is 6.31. The number of H-pyrrole nitrogens is 1. The lowest BCUT2D eigenvalue weighted by molar-refractivity contribution is -0.153. The van der Waals surface area contributed by atoms with E-state index in [-0.39, 0.29) is 26.1 Å². The summed E-state index contributed by atoms with van der Waals surface area (Å²) in [6.07, 6.45) is -1.76. The van der Waals surface area contributed by atoms with Gasteiger partial charge in [-0.05, 0) is 24.1 Å². The molecule has 0 radical (unpaired) electrons. The van der Waals surface area contributed by atoms with E-state index in [1.165, 1.54) is 0 Å². The Labute approximate surface area is 210 Å². The van der Waals surface area contributed by atoms with Gasteiger partial charge in [-0.1, -0.05) is 30.7 Å². The van der Waals surface area contributed by atoms with Crippen LogP contribution in [0.15, 0.2) is 40.1 Å². The molecule has 2 saturated heterocycles. The van der Waals surface area contributed by atoms with E-state index in [4.69, 9.17) is 34.6 Å². The Morgan fingerprint density at radius 2 is 2.17 bits per heavy atom. The smallest absolute Gasteiger partial charge is 0.459 e. The summed E-state index contributed by atoms with van der Waals surface area (Å²) >= 11 is 6.04. The van der Waals surface area contributed by atoms with Gasteiger partial charge in [-0.3, -0.25) is 32.7 Å². The number of esters is 1. The van der Waals surface area contributed by atoms with Crippen LogP contribution < -0.4 is 11.2 Å². The predicted octanol–water partition coefficient (Wildman–Crippen LogP) is 3.63. The zero-order valence-electron chi connectivity index (χ0n) is 19.3. The minimum Gasteiger partial charge on any atom is -0.459 e. The Balaban J connectivity index is 1.48. The lowest BCUT2D eigenvalue weighted by Gasteiger charge is -2.30. The maximum absolute atomic E-state index is 13.8. The van der Waals surface area contributed by atoms with Crippen LogP contribution in [0.1, 0.15) is 50.5 Å². The number of aromatic amines is 1. The average molecular weight is 547 g/mol. The van der Waals surface area contributed by atoms with Gasteiger partial charge in [0.1, 0.15) is 18.4 Å². The fourth-order valence-electron chi connectivity index (χ4n) is 3.93. The highest BCUT2D eigenvalue weighted by Crippen LogP contribution is 2.57. The Morgan fingerprint density at radius 1 is 1.36 bits per heavy atom. The number of phosphoric ester groups is 1. The molecule has 5 atom stereocenters. The van der Waals surface area contributed by atoms with Gasteiger partial charge < -0.3 is 9.47 Å². The van der Waals surface area contributed by atoms with Crippen LogP contribution in [0.3, 0.4) is 0 Å². The molecule has 2 unspecified atom stereocenters. The van der Waals surface area contributed by atoms with Gasteiger partial charge in [-0.15, -0.1) is 0 Å². The van der Waals surface area contributed by atoms with Crippen molar-refractivity contribution in [3.63, 3.8) is 0 Å². The normalized spacial score (nSPS) is 28.2. The van der Waals surface area contributed by atoms with E-state index in [2.05, 4.69) is 0 Å². The van der Waals surface area contributed by atoms with Crippen LogP contribution in [-0.4, -0.2) is 40.9 Å². The number of carbonyl (C=O) groups excluding carboxylic acids is 1. The molecule has 0 spiro atoms. The highest BCUT2D eigenvalue weighted by molar-refractivity contribution is 7.48. The van der Waals surface area contributed by atoms with Crippen LogP contribution >= 0.6 is 19.4 Å². The molecule has 14 heteroatoms. The van der Waals surface area contributed by atoms with E-state index < -0.39 is 55.4 Å². The summed E-state index contributed by atoms with van der Waals surface area (Å²) in [6, 6.07) is 6.91. The van der Waals surface area contributed by atoms with Crippen molar-refractivity contribution in [3.8, 4) is 0 Å². The summed E-state index contributed by atoms with van der Waals surface area (Å²) in [6.45, 7) is 1.53. The van der Waals surface area contributed by atoms with Crippen molar-refractivity contribution in [2.45, 2.75) is 57.1 Å². The summed E-state index contributed by atoms with van der Waals surface area (Å²) in [5.41, 5.74) is -1.36. The molecule has 0 amide bonds. The van der Waals surface area contributed by atoms with Gasteiger partial charge in [-0.25, -0.2) is 9.36 Å². The molecular formula is C22H25ClFN2O9P. The van der Waals surface area contributed by atoms with Crippen LogP contribution in [0.25, 0.3) is 0 Å². The molecule has 2 aromatic rings. The van der Waals surface area contributed by atoms with Gasteiger partial charge in [0.25, 0.3) is 5.56 Å². The molecule has 0 aliphatic carbocycles. The van der Waals surface area contributed by atoms with Gasteiger partial charge in [0.05, 0.1) is 25.5 Å². The predicted molar refractivity (Wildman–Crippen MR) is 124 cm³/mol. The zero-order chi connectivity index (χ0) is 25.9. The Morgan fingerprint density at radius 3 is 2.92 bits per heavy atom. The summed E-state index contributed by atoms with van der Waals surface area (Å²) in [4.78, 5) is 37.6. The molecule has 2 aliphatic rings. The molecule has 2 aliphatic heterocycles. The second kappa shape index (κ2) is 11.4. The number of aromatic nitrogens is 2.